The van der Waals surface area contributed by atoms with E-state index in [-0.39, 0.29) is 11.8 Å². The van der Waals surface area contributed by atoms with Crippen LogP contribution in [-0.2, 0) is 6.42 Å². The summed E-state index contributed by atoms with van der Waals surface area (Å²) in [5.74, 6) is 0.462. The molecule has 3 N–H and O–H groups in total. The van der Waals surface area contributed by atoms with E-state index >= 15 is 0 Å². The van der Waals surface area contributed by atoms with Crippen LogP contribution in [0.25, 0.3) is 0 Å². The molecule has 5 nitrogen and oxygen atoms in total. The standard InChI is InChI=1S/C15H16N4OS/c1-3-4-10-12-11(13-8(2)5-6-21-13)9(7-16)14(17)20-15(12)19-18-10/h5-6,11H,3-4,17H2,1-2H3,(H,18,19)/t11-/m1/s1. The van der Waals surface area contributed by atoms with Crippen LogP contribution in [0.15, 0.2) is 22.9 Å². The molecule has 0 spiro atoms. The summed E-state index contributed by atoms with van der Waals surface area (Å²) in [6.45, 7) is 4.16. The van der Waals surface area contributed by atoms with Gasteiger partial charge in [0, 0.05) is 10.6 Å². The monoisotopic (exact) mass is 300 g/mol. The molecule has 108 valence electrons. The zero-order chi connectivity index (χ0) is 15.0. The van der Waals surface area contributed by atoms with Crippen LogP contribution in [0.3, 0.4) is 0 Å². The maximum atomic E-state index is 9.51. The van der Waals surface area contributed by atoms with Crippen molar-refractivity contribution in [3.63, 3.8) is 0 Å². The van der Waals surface area contributed by atoms with Crippen LogP contribution < -0.4 is 10.5 Å². The highest BCUT2D eigenvalue weighted by atomic mass is 32.1. The highest BCUT2D eigenvalue weighted by molar-refractivity contribution is 7.10. The molecular weight excluding hydrogens is 284 g/mol. The first-order valence-electron chi connectivity index (χ1n) is 6.86. The number of H-pyrrole nitrogens is 1. The Balaban J connectivity index is 2.22. The highest BCUT2D eigenvalue weighted by Gasteiger charge is 2.36. The summed E-state index contributed by atoms with van der Waals surface area (Å²) >= 11 is 1.63. The number of nitrogens with one attached hydrogen (secondary N) is 1. The lowest BCUT2D eigenvalue weighted by Gasteiger charge is -2.23. The molecule has 0 amide bonds. The predicted octanol–water partition coefficient (Wildman–Crippen LogP) is 2.95. The smallest absolute Gasteiger partial charge is 0.244 e. The van der Waals surface area contributed by atoms with Gasteiger partial charge >= 0.3 is 0 Å². The van der Waals surface area contributed by atoms with Gasteiger partial charge in [0.25, 0.3) is 0 Å². The van der Waals surface area contributed by atoms with Gasteiger partial charge in [-0.15, -0.1) is 16.4 Å². The quantitative estimate of drug-likeness (QED) is 0.912. The number of ether oxygens (including phenoxy) is 1. The van der Waals surface area contributed by atoms with Gasteiger partial charge in [-0.2, -0.15) is 5.26 Å². The van der Waals surface area contributed by atoms with Crippen LogP contribution in [0.4, 0.5) is 0 Å². The Labute approximate surface area is 127 Å². The van der Waals surface area contributed by atoms with E-state index in [4.69, 9.17) is 10.5 Å². The molecule has 0 fully saturated rings. The van der Waals surface area contributed by atoms with Gasteiger partial charge in [-0.3, -0.25) is 5.10 Å². The van der Waals surface area contributed by atoms with E-state index in [1.165, 1.54) is 0 Å². The highest BCUT2D eigenvalue weighted by Crippen LogP contribution is 2.45. The first kappa shape index (κ1) is 13.7. The van der Waals surface area contributed by atoms with Crippen molar-refractivity contribution < 1.29 is 4.74 Å². The summed E-state index contributed by atoms with van der Waals surface area (Å²) in [6.07, 6.45) is 1.86. The summed E-state index contributed by atoms with van der Waals surface area (Å²) in [5, 5.41) is 18.8. The van der Waals surface area contributed by atoms with Crippen LogP contribution >= 0.6 is 11.3 Å². The fourth-order valence-corrected chi connectivity index (χ4v) is 3.74. The lowest BCUT2D eigenvalue weighted by Crippen LogP contribution is -2.21. The largest absolute Gasteiger partial charge is 0.420 e. The molecule has 1 aliphatic heterocycles. The van der Waals surface area contributed by atoms with Crippen molar-refractivity contribution in [2.24, 2.45) is 5.73 Å². The summed E-state index contributed by atoms with van der Waals surface area (Å²) < 4.78 is 5.53. The van der Waals surface area contributed by atoms with E-state index in [1.54, 1.807) is 11.3 Å². The van der Waals surface area contributed by atoms with E-state index in [9.17, 15) is 5.26 Å². The van der Waals surface area contributed by atoms with E-state index in [0.717, 1.165) is 34.5 Å². The van der Waals surface area contributed by atoms with Crippen molar-refractivity contribution in [1.29, 1.82) is 5.26 Å². The zero-order valence-electron chi connectivity index (χ0n) is 11.9. The van der Waals surface area contributed by atoms with Gasteiger partial charge < -0.3 is 10.5 Å². The molecular formula is C15H16N4OS. The number of nitrogens with zero attached hydrogens (tertiary/aromatic N) is 2. The van der Waals surface area contributed by atoms with Crippen LogP contribution in [0, 0.1) is 18.3 Å². The number of allylic oxidation sites excluding steroid dienone is 1. The Morgan fingerprint density at radius 3 is 3.00 bits per heavy atom. The Hall–Kier alpha value is -2.26. The van der Waals surface area contributed by atoms with Crippen molar-refractivity contribution in [2.75, 3.05) is 0 Å². The third-order valence-corrected chi connectivity index (χ3v) is 4.77. The predicted molar refractivity (Wildman–Crippen MR) is 80.9 cm³/mol. The number of nitrogens with two attached hydrogens (primary N) is 1. The van der Waals surface area contributed by atoms with Gasteiger partial charge in [-0.1, -0.05) is 13.3 Å². The number of aromatic amines is 1. The second-order valence-electron chi connectivity index (χ2n) is 5.06. The molecule has 3 heterocycles. The molecule has 1 atom stereocenters. The van der Waals surface area contributed by atoms with E-state index < -0.39 is 0 Å². The summed E-state index contributed by atoms with van der Waals surface area (Å²) in [7, 11) is 0. The molecule has 1 aliphatic rings. The van der Waals surface area contributed by atoms with E-state index in [2.05, 4.69) is 29.3 Å². The molecule has 2 aromatic heterocycles. The molecule has 0 unspecified atom stereocenters. The average Bonchev–Trinajstić information content (AvgIpc) is 3.05. The maximum Gasteiger partial charge on any atom is 0.244 e. The number of rotatable bonds is 3. The van der Waals surface area contributed by atoms with Crippen molar-refractivity contribution in [1.82, 2.24) is 10.2 Å². The normalized spacial score (nSPS) is 17.3. The topological polar surface area (TPSA) is 87.7 Å². The molecule has 6 heteroatoms. The molecule has 3 rings (SSSR count). The Kier molecular flexibility index (Phi) is 3.43. The first-order chi connectivity index (χ1) is 10.2. The zero-order valence-corrected chi connectivity index (χ0v) is 12.8. The fraction of sp³-hybridized carbons (Fsp3) is 0.333. The van der Waals surface area contributed by atoms with E-state index in [1.807, 2.05) is 12.3 Å². The second kappa shape index (κ2) is 5.26. The SMILES string of the molecule is CCCc1[nH]nc2c1[C@H](c1sccc1C)C(C#N)=C(N)O2. The second-order valence-corrected chi connectivity index (χ2v) is 6.01. The number of thiophene rings is 1. The third kappa shape index (κ3) is 2.10. The molecule has 0 radical (unpaired) electrons. The van der Waals surface area contributed by atoms with Gasteiger partial charge in [0.05, 0.1) is 11.5 Å². The van der Waals surface area contributed by atoms with Crippen molar-refractivity contribution in [3.8, 4) is 11.9 Å². The molecule has 0 bridgehead atoms. The maximum absolute atomic E-state index is 9.51. The molecule has 0 aromatic carbocycles. The molecule has 0 aliphatic carbocycles. The number of aryl methyl sites for hydroxylation is 2. The fourth-order valence-electron chi connectivity index (χ4n) is 2.69. The molecule has 2 aromatic rings. The minimum Gasteiger partial charge on any atom is -0.420 e. The lowest BCUT2D eigenvalue weighted by atomic mass is 9.86. The summed E-state index contributed by atoms with van der Waals surface area (Å²) in [5.41, 5.74) is 9.51. The summed E-state index contributed by atoms with van der Waals surface area (Å²) in [6, 6.07) is 4.27. The van der Waals surface area contributed by atoms with E-state index in [0.29, 0.717) is 11.5 Å². The number of fused-ring (bicyclic) bond motifs is 1. The number of hydrogen-bond donors (Lipinski definition) is 2. The average molecular weight is 300 g/mol. The van der Waals surface area contributed by atoms with Crippen LogP contribution in [0.2, 0.25) is 0 Å². The third-order valence-electron chi connectivity index (χ3n) is 3.68. The van der Waals surface area contributed by atoms with Gasteiger partial charge in [-0.25, -0.2) is 0 Å². The van der Waals surface area contributed by atoms with Crippen molar-refractivity contribution >= 4 is 11.3 Å². The number of aromatic nitrogens is 2. The lowest BCUT2D eigenvalue weighted by molar-refractivity contribution is 0.379. The Bertz CT molecular complexity index is 750. The molecule has 21 heavy (non-hydrogen) atoms. The van der Waals surface area contributed by atoms with Crippen LogP contribution in [0.1, 0.15) is 41.0 Å². The number of nitriles is 1. The molecule has 0 saturated heterocycles. The first-order valence-corrected chi connectivity index (χ1v) is 7.74. The van der Waals surface area contributed by atoms with Gasteiger partial charge in [0.1, 0.15) is 11.6 Å². The molecule has 0 saturated carbocycles. The van der Waals surface area contributed by atoms with Gasteiger partial charge in [-0.05, 0) is 30.4 Å². The Morgan fingerprint density at radius 2 is 2.38 bits per heavy atom. The van der Waals surface area contributed by atoms with Crippen LogP contribution in [-0.4, -0.2) is 10.2 Å². The Morgan fingerprint density at radius 1 is 1.57 bits per heavy atom. The minimum atomic E-state index is -0.181. The minimum absolute atomic E-state index is 0.150. The van der Waals surface area contributed by atoms with Gasteiger partial charge in [0.2, 0.25) is 11.8 Å². The van der Waals surface area contributed by atoms with Crippen molar-refractivity contribution in [3.05, 3.63) is 44.6 Å². The van der Waals surface area contributed by atoms with Crippen LogP contribution in [0.5, 0.6) is 5.88 Å². The summed E-state index contributed by atoms with van der Waals surface area (Å²) in [4.78, 5) is 1.12. The van der Waals surface area contributed by atoms with Crippen molar-refractivity contribution in [2.45, 2.75) is 32.6 Å². The number of hydrogen-bond acceptors (Lipinski definition) is 5. The van der Waals surface area contributed by atoms with Gasteiger partial charge in [0.15, 0.2) is 0 Å².